The number of nitrogens with two attached hydrogens (primary N) is 1. The first-order chi connectivity index (χ1) is 6.91. The van der Waals surface area contributed by atoms with Crippen LogP contribution in [-0.2, 0) is 10.3 Å². The predicted octanol–water partition coefficient (Wildman–Crippen LogP) is 1.40. The van der Waals surface area contributed by atoms with Gasteiger partial charge in [0, 0.05) is 0 Å². The highest BCUT2D eigenvalue weighted by atomic mass is 35.5. The van der Waals surface area contributed by atoms with Crippen molar-refractivity contribution in [1.29, 1.82) is 0 Å². The molecule has 0 spiro atoms. The van der Waals surface area contributed by atoms with Crippen LogP contribution < -0.4 is 11.1 Å². The maximum absolute atomic E-state index is 12.9. The third kappa shape index (κ3) is 2.11. The zero-order valence-electron chi connectivity index (χ0n) is 8.47. The van der Waals surface area contributed by atoms with Gasteiger partial charge >= 0.3 is 0 Å². The number of hydrogen-bond donors (Lipinski definition) is 2. The summed E-state index contributed by atoms with van der Waals surface area (Å²) >= 11 is 5.63. The lowest BCUT2D eigenvalue weighted by atomic mass is 9.91. The highest BCUT2D eigenvalue weighted by Gasteiger charge is 2.31. The third-order valence-corrected chi connectivity index (χ3v) is 2.78. The Balaban J connectivity index is 3.25. The van der Waals surface area contributed by atoms with E-state index in [-0.39, 0.29) is 5.02 Å². The number of rotatable bonds is 3. The molecule has 0 radical (unpaired) electrons. The van der Waals surface area contributed by atoms with E-state index in [0.29, 0.717) is 5.56 Å². The van der Waals surface area contributed by atoms with E-state index in [1.165, 1.54) is 18.2 Å². The van der Waals surface area contributed by atoms with Crippen molar-refractivity contribution in [3.63, 3.8) is 0 Å². The van der Waals surface area contributed by atoms with E-state index in [4.69, 9.17) is 17.3 Å². The van der Waals surface area contributed by atoms with Gasteiger partial charge in [0.1, 0.15) is 11.4 Å². The number of nitrogens with one attached hydrogen (secondary N) is 1. The van der Waals surface area contributed by atoms with E-state index in [9.17, 15) is 9.18 Å². The highest BCUT2D eigenvalue weighted by Crippen LogP contribution is 2.24. The van der Waals surface area contributed by atoms with Crippen LogP contribution in [0, 0.1) is 5.82 Å². The average Bonchev–Trinajstić information content (AvgIpc) is 2.20. The van der Waals surface area contributed by atoms with Crippen LogP contribution in [0.3, 0.4) is 0 Å². The van der Waals surface area contributed by atoms with Crippen molar-refractivity contribution >= 4 is 17.5 Å². The molecule has 1 aromatic carbocycles. The first-order valence-corrected chi connectivity index (χ1v) is 4.74. The van der Waals surface area contributed by atoms with Gasteiger partial charge in [-0.25, -0.2) is 4.39 Å². The van der Waals surface area contributed by atoms with Crippen molar-refractivity contribution in [3.05, 3.63) is 34.6 Å². The molecule has 82 valence electrons. The molecule has 1 aromatic rings. The number of amides is 1. The molecule has 0 saturated carbocycles. The van der Waals surface area contributed by atoms with Crippen LogP contribution in [0.4, 0.5) is 4.39 Å². The minimum atomic E-state index is -1.04. The first-order valence-electron chi connectivity index (χ1n) is 4.36. The van der Waals surface area contributed by atoms with Gasteiger partial charge < -0.3 is 11.1 Å². The second-order valence-corrected chi connectivity index (χ2v) is 3.78. The zero-order chi connectivity index (χ0) is 11.6. The van der Waals surface area contributed by atoms with Crippen LogP contribution in [0.25, 0.3) is 0 Å². The number of carbonyl (C=O) groups excluding carboxylic acids is 1. The molecular formula is C10H12ClFN2O. The summed E-state index contributed by atoms with van der Waals surface area (Å²) in [5.41, 5.74) is 4.75. The average molecular weight is 231 g/mol. The Labute approximate surface area is 92.4 Å². The second-order valence-electron chi connectivity index (χ2n) is 3.37. The number of halogens is 2. The number of primary amides is 1. The first kappa shape index (κ1) is 11.9. The molecule has 0 bridgehead atoms. The summed E-state index contributed by atoms with van der Waals surface area (Å²) in [4.78, 5) is 11.3. The van der Waals surface area contributed by atoms with Crippen LogP contribution >= 0.6 is 11.6 Å². The molecule has 5 heteroatoms. The summed E-state index contributed by atoms with van der Waals surface area (Å²) in [6.45, 7) is 1.61. The van der Waals surface area contributed by atoms with Crippen LogP contribution in [-0.4, -0.2) is 13.0 Å². The lowest BCUT2D eigenvalue weighted by Crippen LogP contribution is -2.48. The van der Waals surface area contributed by atoms with Gasteiger partial charge in [-0.3, -0.25) is 4.79 Å². The predicted molar refractivity (Wildman–Crippen MR) is 57.0 cm³/mol. The number of carbonyl (C=O) groups is 1. The normalized spacial score (nSPS) is 14.7. The molecule has 0 fully saturated rings. The molecule has 0 aliphatic heterocycles. The van der Waals surface area contributed by atoms with Gasteiger partial charge in [0.25, 0.3) is 0 Å². The molecule has 3 N–H and O–H groups in total. The minimum absolute atomic E-state index is 0.0322. The molecule has 0 aliphatic carbocycles. The Kier molecular flexibility index (Phi) is 3.31. The van der Waals surface area contributed by atoms with E-state index in [0.717, 1.165) is 0 Å². The van der Waals surface area contributed by atoms with Gasteiger partial charge in [-0.15, -0.1) is 0 Å². The summed E-state index contributed by atoms with van der Waals surface area (Å²) in [5, 5.41) is 2.75. The van der Waals surface area contributed by atoms with E-state index < -0.39 is 17.3 Å². The standard InChI is InChI=1S/C10H12ClFN2O/c1-10(14-2,9(13)15)6-3-4-8(12)7(11)5-6/h3-5,14H,1-2H3,(H2,13,15). The minimum Gasteiger partial charge on any atom is -0.368 e. The Morgan fingerprint density at radius 3 is 2.60 bits per heavy atom. The topological polar surface area (TPSA) is 55.1 Å². The van der Waals surface area contributed by atoms with Crippen molar-refractivity contribution < 1.29 is 9.18 Å². The summed E-state index contributed by atoms with van der Waals surface area (Å²) in [7, 11) is 1.60. The van der Waals surface area contributed by atoms with E-state index in [1.54, 1.807) is 14.0 Å². The van der Waals surface area contributed by atoms with Gasteiger partial charge in [0.15, 0.2) is 0 Å². The summed E-state index contributed by atoms with van der Waals surface area (Å²) in [5.74, 6) is -1.07. The Morgan fingerprint density at radius 1 is 1.60 bits per heavy atom. The quantitative estimate of drug-likeness (QED) is 0.825. The van der Waals surface area contributed by atoms with Crippen LogP contribution in [0.1, 0.15) is 12.5 Å². The molecule has 3 nitrogen and oxygen atoms in total. The second kappa shape index (κ2) is 4.16. The molecular weight excluding hydrogens is 219 g/mol. The smallest absolute Gasteiger partial charge is 0.242 e. The maximum atomic E-state index is 12.9. The van der Waals surface area contributed by atoms with Gasteiger partial charge in [-0.1, -0.05) is 17.7 Å². The van der Waals surface area contributed by atoms with E-state index in [2.05, 4.69) is 5.32 Å². The molecule has 1 amide bonds. The fraction of sp³-hybridized carbons (Fsp3) is 0.300. The summed E-state index contributed by atoms with van der Waals surface area (Å²) in [6, 6.07) is 4.07. The fourth-order valence-electron chi connectivity index (χ4n) is 1.22. The van der Waals surface area contributed by atoms with Crippen molar-refractivity contribution in [2.24, 2.45) is 5.73 Å². The summed E-state index contributed by atoms with van der Waals surface area (Å²) < 4.78 is 12.9. The lowest BCUT2D eigenvalue weighted by molar-refractivity contribution is -0.123. The molecule has 0 aromatic heterocycles. The highest BCUT2D eigenvalue weighted by molar-refractivity contribution is 6.30. The largest absolute Gasteiger partial charge is 0.368 e. The molecule has 0 saturated heterocycles. The van der Waals surface area contributed by atoms with Crippen molar-refractivity contribution in [2.75, 3.05) is 7.05 Å². The Hall–Kier alpha value is -1.13. The third-order valence-electron chi connectivity index (χ3n) is 2.49. The molecule has 1 unspecified atom stereocenters. The van der Waals surface area contributed by atoms with Crippen molar-refractivity contribution in [3.8, 4) is 0 Å². The molecule has 1 rings (SSSR count). The molecule has 1 atom stereocenters. The molecule has 0 aliphatic rings. The van der Waals surface area contributed by atoms with Gasteiger partial charge in [-0.05, 0) is 31.7 Å². The Morgan fingerprint density at radius 2 is 2.20 bits per heavy atom. The number of benzene rings is 1. The van der Waals surface area contributed by atoms with Crippen LogP contribution in [0.5, 0.6) is 0 Å². The van der Waals surface area contributed by atoms with Gasteiger partial charge in [0.2, 0.25) is 5.91 Å². The maximum Gasteiger partial charge on any atom is 0.242 e. The van der Waals surface area contributed by atoms with Crippen LogP contribution in [0.2, 0.25) is 5.02 Å². The fourth-order valence-corrected chi connectivity index (χ4v) is 1.40. The number of hydrogen-bond acceptors (Lipinski definition) is 2. The van der Waals surface area contributed by atoms with Crippen molar-refractivity contribution in [2.45, 2.75) is 12.5 Å². The lowest BCUT2D eigenvalue weighted by Gasteiger charge is -2.26. The Bertz CT molecular complexity index is 397. The van der Waals surface area contributed by atoms with Crippen molar-refractivity contribution in [1.82, 2.24) is 5.32 Å². The van der Waals surface area contributed by atoms with Crippen LogP contribution in [0.15, 0.2) is 18.2 Å². The molecule has 0 heterocycles. The number of likely N-dealkylation sites (N-methyl/N-ethyl adjacent to an activating group) is 1. The van der Waals surface area contributed by atoms with Gasteiger partial charge in [0.05, 0.1) is 5.02 Å². The summed E-state index contributed by atoms with van der Waals surface area (Å²) in [6.07, 6.45) is 0. The monoisotopic (exact) mass is 230 g/mol. The van der Waals surface area contributed by atoms with Gasteiger partial charge in [-0.2, -0.15) is 0 Å². The van der Waals surface area contributed by atoms with E-state index >= 15 is 0 Å². The zero-order valence-corrected chi connectivity index (χ0v) is 9.23. The molecule has 15 heavy (non-hydrogen) atoms. The SMILES string of the molecule is CNC(C)(C(N)=O)c1ccc(F)c(Cl)c1. The van der Waals surface area contributed by atoms with E-state index in [1.807, 2.05) is 0 Å².